The van der Waals surface area contributed by atoms with Crippen LogP contribution in [0.15, 0.2) is 85.2 Å². The van der Waals surface area contributed by atoms with Crippen LogP contribution in [0.25, 0.3) is 10.6 Å². The Kier molecular flexibility index (Phi) is 5.90. The summed E-state index contributed by atoms with van der Waals surface area (Å²) in [6, 6.07) is 23.1. The Bertz CT molecular complexity index is 1220. The molecule has 4 aromatic rings. The van der Waals surface area contributed by atoms with Crippen molar-refractivity contribution >= 4 is 28.7 Å². The number of thiophene rings is 1. The number of carbonyl (C=O) groups excluding carboxylic acids is 1. The van der Waals surface area contributed by atoms with Gasteiger partial charge in [0.1, 0.15) is 5.82 Å². The lowest BCUT2D eigenvalue weighted by molar-refractivity contribution is 0.0116. The molecule has 1 saturated heterocycles. The third kappa shape index (κ3) is 4.65. The Hall–Kier alpha value is -3.55. The van der Waals surface area contributed by atoms with E-state index in [0.717, 1.165) is 35.0 Å². The molecule has 0 unspecified atom stereocenters. The van der Waals surface area contributed by atoms with Gasteiger partial charge in [0, 0.05) is 19.3 Å². The second-order valence-electron chi connectivity index (χ2n) is 8.12. The van der Waals surface area contributed by atoms with E-state index >= 15 is 0 Å². The monoisotopic (exact) mass is 456 g/mol. The van der Waals surface area contributed by atoms with E-state index in [4.69, 9.17) is 0 Å². The first-order chi connectivity index (χ1) is 16.1. The van der Waals surface area contributed by atoms with Gasteiger partial charge in [-0.3, -0.25) is 9.78 Å². The highest BCUT2D eigenvalue weighted by atomic mass is 32.1. The molecule has 2 N–H and O–H groups in total. The molecule has 0 saturated carbocycles. The molecule has 0 radical (unpaired) electrons. The first-order valence-corrected chi connectivity index (χ1v) is 11.7. The molecule has 0 aliphatic carbocycles. The maximum Gasteiger partial charge on any atom is 0.265 e. The summed E-state index contributed by atoms with van der Waals surface area (Å²) in [5.41, 5.74) is 1.68. The summed E-state index contributed by atoms with van der Waals surface area (Å²) >= 11 is 1.41. The largest absolute Gasteiger partial charge is 0.385 e. The SMILES string of the molecule is O=C(Nc1ccc(N2CCC(O)(c3ccccc3)CC2)nc1)c1ccc(-c2ccccn2)s1. The molecule has 3 aromatic heterocycles. The third-order valence-electron chi connectivity index (χ3n) is 5.98. The number of nitrogens with one attached hydrogen (secondary N) is 1. The smallest absolute Gasteiger partial charge is 0.265 e. The molecule has 4 heterocycles. The first kappa shape index (κ1) is 21.3. The van der Waals surface area contributed by atoms with Crippen molar-refractivity contribution in [3.8, 4) is 10.6 Å². The lowest BCUT2D eigenvalue weighted by atomic mass is 9.84. The standard InChI is InChI=1S/C26H24N4O2S/c31-25(23-11-10-22(33-23)21-8-4-5-15-27-21)29-20-9-12-24(28-18-20)30-16-13-26(32,14-17-30)19-6-2-1-3-7-19/h1-12,15,18,32H,13-14,16-17H2,(H,29,31). The summed E-state index contributed by atoms with van der Waals surface area (Å²) in [6.45, 7) is 1.44. The van der Waals surface area contributed by atoms with E-state index in [1.54, 1.807) is 12.4 Å². The van der Waals surface area contributed by atoms with Gasteiger partial charge in [0.05, 0.1) is 32.9 Å². The quantitative estimate of drug-likeness (QED) is 0.445. The van der Waals surface area contributed by atoms with E-state index in [1.807, 2.05) is 72.8 Å². The van der Waals surface area contributed by atoms with E-state index in [-0.39, 0.29) is 5.91 Å². The van der Waals surface area contributed by atoms with Gasteiger partial charge < -0.3 is 15.3 Å². The van der Waals surface area contributed by atoms with Crippen molar-refractivity contribution in [2.24, 2.45) is 0 Å². The lowest BCUT2D eigenvalue weighted by Gasteiger charge is -2.39. The molecule has 0 spiro atoms. The number of hydrogen-bond donors (Lipinski definition) is 2. The van der Waals surface area contributed by atoms with Gasteiger partial charge in [-0.05, 0) is 54.8 Å². The number of rotatable bonds is 5. The number of amides is 1. The molecule has 5 rings (SSSR count). The zero-order chi connectivity index (χ0) is 22.7. The summed E-state index contributed by atoms with van der Waals surface area (Å²) in [6.07, 6.45) is 4.72. The molecule has 1 aromatic carbocycles. The minimum Gasteiger partial charge on any atom is -0.385 e. The van der Waals surface area contributed by atoms with Crippen LogP contribution in [-0.4, -0.2) is 34.1 Å². The predicted octanol–water partition coefficient (Wildman–Crippen LogP) is 4.95. The number of nitrogens with zero attached hydrogens (tertiary/aromatic N) is 3. The summed E-state index contributed by atoms with van der Waals surface area (Å²) in [4.78, 5) is 25.3. The molecule has 1 amide bonds. The Morgan fingerprint density at radius 3 is 2.42 bits per heavy atom. The van der Waals surface area contributed by atoms with Crippen LogP contribution in [-0.2, 0) is 5.60 Å². The molecule has 0 bridgehead atoms. The maximum absolute atomic E-state index is 12.7. The highest BCUT2D eigenvalue weighted by Crippen LogP contribution is 2.34. The van der Waals surface area contributed by atoms with Crippen molar-refractivity contribution in [2.75, 3.05) is 23.3 Å². The van der Waals surface area contributed by atoms with Crippen molar-refractivity contribution in [3.05, 3.63) is 95.6 Å². The highest BCUT2D eigenvalue weighted by Gasteiger charge is 2.34. The number of carbonyl (C=O) groups is 1. The van der Waals surface area contributed by atoms with Gasteiger partial charge in [0.2, 0.25) is 0 Å². The zero-order valence-electron chi connectivity index (χ0n) is 18.0. The average molecular weight is 457 g/mol. The third-order valence-corrected chi connectivity index (χ3v) is 7.09. The number of piperidine rings is 1. The van der Waals surface area contributed by atoms with Crippen molar-refractivity contribution in [2.45, 2.75) is 18.4 Å². The molecule has 1 aliphatic rings. The fourth-order valence-electron chi connectivity index (χ4n) is 4.09. The summed E-state index contributed by atoms with van der Waals surface area (Å²) < 4.78 is 0. The number of pyridine rings is 2. The molecule has 1 aliphatic heterocycles. The van der Waals surface area contributed by atoms with Crippen LogP contribution in [0.1, 0.15) is 28.1 Å². The average Bonchev–Trinajstić information content (AvgIpc) is 3.37. The Morgan fingerprint density at radius 1 is 0.939 bits per heavy atom. The summed E-state index contributed by atoms with van der Waals surface area (Å²) in [5, 5.41) is 14.0. The van der Waals surface area contributed by atoms with Gasteiger partial charge in [0.15, 0.2) is 0 Å². The highest BCUT2D eigenvalue weighted by molar-refractivity contribution is 7.17. The number of anilines is 2. The van der Waals surface area contributed by atoms with E-state index in [1.165, 1.54) is 11.3 Å². The number of aliphatic hydroxyl groups is 1. The summed E-state index contributed by atoms with van der Waals surface area (Å²) in [7, 11) is 0. The predicted molar refractivity (Wildman–Crippen MR) is 132 cm³/mol. The fraction of sp³-hybridized carbons (Fsp3) is 0.192. The van der Waals surface area contributed by atoms with Crippen LogP contribution < -0.4 is 10.2 Å². The Morgan fingerprint density at radius 2 is 1.73 bits per heavy atom. The van der Waals surface area contributed by atoms with Crippen molar-refractivity contribution < 1.29 is 9.90 Å². The normalized spacial score (nSPS) is 15.2. The number of aromatic nitrogens is 2. The fourth-order valence-corrected chi connectivity index (χ4v) is 4.97. The molecule has 0 atom stereocenters. The van der Waals surface area contributed by atoms with E-state index in [9.17, 15) is 9.90 Å². The van der Waals surface area contributed by atoms with Gasteiger partial charge in [-0.1, -0.05) is 36.4 Å². The van der Waals surface area contributed by atoms with Gasteiger partial charge in [-0.2, -0.15) is 0 Å². The van der Waals surface area contributed by atoms with Gasteiger partial charge in [-0.15, -0.1) is 11.3 Å². The number of hydrogen-bond acceptors (Lipinski definition) is 6. The number of benzene rings is 1. The van der Waals surface area contributed by atoms with Crippen LogP contribution >= 0.6 is 11.3 Å². The van der Waals surface area contributed by atoms with Gasteiger partial charge >= 0.3 is 0 Å². The Labute approximate surface area is 196 Å². The zero-order valence-corrected chi connectivity index (χ0v) is 18.8. The van der Waals surface area contributed by atoms with Crippen LogP contribution in [0.2, 0.25) is 0 Å². The molecular weight excluding hydrogens is 432 g/mol. The molecule has 33 heavy (non-hydrogen) atoms. The van der Waals surface area contributed by atoms with E-state index in [2.05, 4.69) is 20.2 Å². The lowest BCUT2D eigenvalue weighted by Crippen LogP contribution is -2.42. The second-order valence-corrected chi connectivity index (χ2v) is 9.21. The minimum absolute atomic E-state index is 0.164. The van der Waals surface area contributed by atoms with Crippen LogP contribution in [0.4, 0.5) is 11.5 Å². The molecular formula is C26H24N4O2S. The second kappa shape index (κ2) is 9.13. The van der Waals surface area contributed by atoms with Gasteiger partial charge in [0.25, 0.3) is 5.91 Å². The van der Waals surface area contributed by atoms with E-state index in [0.29, 0.717) is 23.4 Å². The van der Waals surface area contributed by atoms with E-state index < -0.39 is 5.60 Å². The topological polar surface area (TPSA) is 78.4 Å². The molecule has 166 valence electrons. The molecule has 7 heteroatoms. The molecule has 1 fully saturated rings. The Balaban J connectivity index is 1.20. The first-order valence-electron chi connectivity index (χ1n) is 10.9. The van der Waals surface area contributed by atoms with Crippen molar-refractivity contribution in [3.63, 3.8) is 0 Å². The summed E-state index contributed by atoms with van der Waals surface area (Å²) in [5.74, 6) is 0.680. The van der Waals surface area contributed by atoms with Crippen molar-refractivity contribution in [1.82, 2.24) is 9.97 Å². The van der Waals surface area contributed by atoms with Gasteiger partial charge in [-0.25, -0.2) is 4.98 Å². The van der Waals surface area contributed by atoms with Crippen LogP contribution in [0.3, 0.4) is 0 Å². The van der Waals surface area contributed by atoms with Crippen molar-refractivity contribution in [1.29, 1.82) is 0 Å². The maximum atomic E-state index is 12.7. The van der Waals surface area contributed by atoms with Crippen LogP contribution in [0.5, 0.6) is 0 Å². The molecule has 6 nitrogen and oxygen atoms in total. The van der Waals surface area contributed by atoms with Crippen LogP contribution in [0, 0.1) is 0 Å². The minimum atomic E-state index is -0.791.